The van der Waals surface area contributed by atoms with Gasteiger partial charge in [0.15, 0.2) is 11.0 Å². The van der Waals surface area contributed by atoms with Gasteiger partial charge in [-0.05, 0) is 47.9 Å². The summed E-state index contributed by atoms with van der Waals surface area (Å²) in [5, 5.41) is 11.1. The second kappa shape index (κ2) is 8.93. The van der Waals surface area contributed by atoms with Crippen LogP contribution in [-0.2, 0) is 11.0 Å². The third-order valence-electron chi connectivity index (χ3n) is 6.31. The minimum absolute atomic E-state index is 0. The van der Waals surface area contributed by atoms with Gasteiger partial charge < -0.3 is 4.90 Å². The van der Waals surface area contributed by atoms with Crippen molar-refractivity contribution >= 4 is 40.1 Å². The van der Waals surface area contributed by atoms with E-state index in [2.05, 4.69) is 15.9 Å². The van der Waals surface area contributed by atoms with Crippen molar-refractivity contribution in [3.05, 3.63) is 42.0 Å². The molecule has 5 rings (SSSR count). The van der Waals surface area contributed by atoms with Crippen molar-refractivity contribution in [2.75, 3.05) is 39.3 Å². The molecule has 158 valence electrons. The highest BCUT2D eigenvalue weighted by Crippen LogP contribution is 2.27. The summed E-state index contributed by atoms with van der Waals surface area (Å²) in [7, 11) is -1.28. The Kier molecular flexibility index (Phi) is 6.28. The molecular formula is C22H26ClN5OS. The minimum atomic E-state index is -1.28. The molecule has 0 spiro atoms. The molecule has 1 saturated carbocycles. The van der Waals surface area contributed by atoms with Gasteiger partial charge in [0.25, 0.3) is 0 Å². The van der Waals surface area contributed by atoms with Crippen molar-refractivity contribution < 1.29 is 4.21 Å². The number of aliphatic imine (C=N–C) groups is 1. The van der Waals surface area contributed by atoms with Crippen LogP contribution in [0, 0.1) is 11.3 Å². The summed E-state index contributed by atoms with van der Waals surface area (Å²) in [6.07, 6.45) is 4.05. The topological polar surface area (TPSA) is 62.9 Å². The number of nitrogens with zero attached hydrogens (tertiary/aromatic N) is 5. The summed E-state index contributed by atoms with van der Waals surface area (Å²) in [6, 6.07) is 14.4. The predicted octanol–water partition coefficient (Wildman–Crippen LogP) is 3.00. The van der Waals surface area contributed by atoms with E-state index in [4.69, 9.17) is 10.3 Å². The Labute approximate surface area is 186 Å². The summed E-state index contributed by atoms with van der Waals surface area (Å²) in [6.45, 7) is 5.44. The SMILES string of the molecule is Cl.N#Cc1ccc2cc(S(=O)N3CCN=C3N3CCN(C4CCC4)CC3)ccc2c1. The van der Waals surface area contributed by atoms with Crippen molar-refractivity contribution in [1.29, 1.82) is 5.26 Å². The van der Waals surface area contributed by atoms with Crippen molar-refractivity contribution in [1.82, 2.24) is 14.1 Å². The number of halogens is 1. The maximum absolute atomic E-state index is 13.4. The molecule has 1 aliphatic carbocycles. The minimum Gasteiger partial charge on any atom is -0.339 e. The molecule has 2 aromatic rings. The Hall–Kier alpha value is -2.14. The van der Waals surface area contributed by atoms with Crippen LogP contribution >= 0.6 is 12.4 Å². The van der Waals surface area contributed by atoms with E-state index in [0.29, 0.717) is 18.7 Å². The molecule has 6 nitrogen and oxygen atoms in total. The van der Waals surface area contributed by atoms with Crippen LogP contribution in [0.5, 0.6) is 0 Å². The molecule has 2 aliphatic heterocycles. The highest BCUT2D eigenvalue weighted by atomic mass is 35.5. The van der Waals surface area contributed by atoms with Gasteiger partial charge in [-0.2, -0.15) is 5.26 Å². The predicted molar refractivity (Wildman–Crippen MR) is 122 cm³/mol. The fraction of sp³-hybridized carbons (Fsp3) is 0.455. The summed E-state index contributed by atoms with van der Waals surface area (Å²) in [4.78, 5) is 10.4. The molecule has 0 N–H and O–H groups in total. The zero-order valence-electron chi connectivity index (χ0n) is 16.9. The highest BCUT2D eigenvalue weighted by Gasteiger charge is 2.33. The average Bonchev–Trinajstić information content (AvgIpc) is 3.21. The van der Waals surface area contributed by atoms with Gasteiger partial charge in [-0.3, -0.25) is 14.2 Å². The first-order valence-corrected chi connectivity index (χ1v) is 11.5. The molecule has 0 bridgehead atoms. The Morgan fingerprint density at radius 2 is 1.73 bits per heavy atom. The van der Waals surface area contributed by atoms with Crippen molar-refractivity contribution in [3.8, 4) is 6.07 Å². The first-order valence-electron chi connectivity index (χ1n) is 10.4. The lowest BCUT2D eigenvalue weighted by Gasteiger charge is -2.44. The average molecular weight is 444 g/mol. The first kappa shape index (κ1) is 21.1. The summed E-state index contributed by atoms with van der Waals surface area (Å²) < 4.78 is 15.3. The van der Waals surface area contributed by atoms with E-state index in [-0.39, 0.29) is 12.4 Å². The van der Waals surface area contributed by atoms with E-state index < -0.39 is 11.0 Å². The van der Waals surface area contributed by atoms with Gasteiger partial charge in [0.2, 0.25) is 5.96 Å². The van der Waals surface area contributed by atoms with E-state index in [1.54, 1.807) is 6.07 Å². The number of benzene rings is 2. The largest absolute Gasteiger partial charge is 0.339 e. The van der Waals surface area contributed by atoms with Crippen LogP contribution in [0.25, 0.3) is 10.8 Å². The Bertz CT molecular complexity index is 1020. The maximum atomic E-state index is 13.4. The fourth-order valence-electron chi connectivity index (χ4n) is 4.40. The third-order valence-corrected chi connectivity index (χ3v) is 7.71. The summed E-state index contributed by atoms with van der Waals surface area (Å²) >= 11 is 0. The molecule has 0 aromatic heterocycles. The molecule has 2 heterocycles. The maximum Gasteiger partial charge on any atom is 0.209 e. The van der Waals surface area contributed by atoms with Crippen LogP contribution in [0.3, 0.4) is 0 Å². The second-order valence-electron chi connectivity index (χ2n) is 7.98. The highest BCUT2D eigenvalue weighted by molar-refractivity contribution is 7.83. The molecule has 1 atom stereocenters. The molecular weight excluding hydrogens is 418 g/mol. The Morgan fingerprint density at radius 1 is 1.00 bits per heavy atom. The van der Waals surface area contributed by atoms with E-state index in [0.717, 1.165) is 53.8 Å². The van der Waals surface area contributed by atoms with Crippen molar-refractivity contribution in [2.45, 2.75) is 30.2 Å². The van der Waals surface area contributed by atoms with Crippen LogP contribution in [0.15, 0.2) is 46.3 Å². The molecule has 1 unspecified atom stereocenters. The molecule has 0 radical (unpaired) electrons. The second-order valence-corrected chi connectivity index (χ2v) is 9.39. The van der Waals surface area contributed by atoms with Gasteiger partial charge in [-0.25, -0.2) is 4.21 Å². The van der Waals surface area contributed by atoms with Crippen molar-refractivity contribution in [2.24, 2.45) is 4.99 Å². The normalized spacial score (nSPS) is 21.0. The number of guanidine groups is 1. The first-order chi connectivity index (χ1) is 14.2. The molecule has 30 heavy (non-hydrogen) atoms. The molecule has 8 heteroatoms. The monoisotopic (exact) mass is 443 g/mol. The quantitative estimate of drug-likeness (QED) is 0.731. The molecule has 2 fully saturated rings. The van der Waals surface area contributed by atoms with Gasteiger partial charge in [0.1, 0.15) is 0 Å². The molecule has 2 aromatic carbocycles. The zero-order chi connectivity index (χ0) is 19.8. The van der Waals surface area contributed by atoms with E-state index in [9.17, 15) is 4.21 Å². The summed E-state index contributed by atoms with van der Waals surface area (Å²) in [5.74, 6) is 0.886. The number of nitriles is 1. The number of rotatable bonds is 3. The van der Waals surface area contributed by atoms with Gasteiger partial charge in [-0.15, -0.1) is 12.4 Å². The van der Waals surface area contributed by atoms with Crippen LogP contribution in [0.1, 0.15) is 24.8 Å². The van der Waals surface area contributed by atoms with Crippen molar-refractivity contribution in [3.63, 3.8) is 0 Å². The Morgan fingerprint density at radius 3 is 2.43 bits per heavy atom. The number of hydrogen-bond donors (Lipinski definition) is 0. The lowest BCUT2D eigenvalue weighted by Crippen LogP contribution is -2.55. The third kappa shape index (κ3) is 3.92. The van der Waals surface area contributed by atoms with Gasteiger partial charge in [-0.1, -0.05) is 18.6 Å². The van der Waals surface area contributed by atoms with Gasteiger partial charge in [0.05, 0.1) is 29.6 Å². The number of hydrogen-bond acceptors (Lipinski definition) is 5. The number of fused-ring (bicyclic) bond motifs is 1. The van der Waals surface area contributed by atoms with E-state index in [1.807, 2.05) is 34.6 Å². The number of piperazine rings is 1. The van der Waals surface area contributed by atoms with E-state index >= 15 is 0 Å². The van der Waals surface area contributed by atoms with Crippen LogP contribution in [0.2, 0.25) is 0 Å². The lowest BCUT2D eigenvalue weighted by molar-refractivity contribution is 0.0834. The van der Waals surface area contributed by atoms with E-state index in [1.165, 1.54) is 19.3 Å². The fourth-order valence-corrected chi connectivity index (χ4v) is 5.64. The molecule has 1 saturated heterocycles. The van der Waals surface area contributed by atoms with Crippen LogP contribution < -0.4 is 0 Å². The van der Waals surface area contributed by atoms with Gasteiger partial charge >= 0.3 is 0 Å². The molecule has 3 aliphatic rings. The van der Waals surface area contributed by atoms with Gasteiger partial charge in [0, 0.05) is 32.2 Å². The Balaban J connectivity index is 0.00000218. The van der Waals surface area contributed by atoms with Crippen LogP contribution in [-0.4, -0.2) is 69.6 Å². The standard InChI is InChI=1S/C22H25N5OS.ClH/c23-16-17-4-5-19-15-21(7-6-18(19)14-17)29(28)27-9-8-24-22(27)26-12-10-25(11-13-26)20-2-1-3-20;/h4-7,14-15,20H,1-3,8-13H2;1H. The lowest BCUT2D eigenvalue weighted by atomic mass is 9.91. The van der Waals surface area contributed by atoms with Crippen LogP contribution in [0.4, 0.5) is 0 Å². The summed E-state index contributed by atoms with van der Waals surface area (Å²) in [5.41, 5.74) is 0.640. The zero-order valence-corrected chi connectivity index (χ0v) is 18.5. The molecule has 0 amide bonds. The smallest absolute Gasteiger partial charge is 0.209 e.